The number of nitrogens with zero attached hydrogens (tertiary/aromatic N) is 4. The number of carbonyl (C=O) groups excluding carboxylic acids is 3. The molecule has 42 heavy (non-hydrogen) atoms. The number of urea groups is 1. The molecule has 2 heterocycles. The van der Waals surface area contributed by atoms with Crippen LogP contribution in [0.25, 0.3) is 0 Å². The third-order valence-corrected chi connectivity index (χ3v) is 6.99. The molecule has 4 amide bonds. The van der Waals surface area contributed by atoms with E-state index in [2.05, 4.69) is 38.5 Å². The van der Waals surface area contributed by atoms with Gasteiger partial charge in [0.25, 0.3) is 5.91 Å². The zero-order valence-corrected chi connectivity index (χ0v) is 23.7. The number of ether oxygens (including phenoxy) is 1. The van der Waals surface area contributed by atoms with Crippen molar-refractivity contribution in [3.8, 4) is 0 Å². The second-order valence-corrected chi connectivity index (χ2v) is 10.1. The van der Waals surface area contributed by atoms with Crippen LogP contribution in [0.5, 0.6) is 0 Å². The number of hydrogen-bond acceptors (Lipinski definition) is 6. The van der Waals surface area contributed by atoms with Gasteiger partial charge in [-0.15, -0.1) is 0 Å². The second kappa shape index (κ2) is 14.5. The van der Waals surface area contributed by atoms with Crippen LogP contribution >= 0.6 is 0 Å². The molecule has 0 aromatic heterocycles. The number of fused-ring (bicyclic) bond motifs is 1. The third kappa shape index (κ3) is 8.45. The molecule has 2 N–H and O–H groups in total. The van der Waals surface area contributed by atoms with Crippen LogP contribution < -0.4 is 5.32 Å². The standard InChI is InChI=1S/C32H33N5O5/c1-23-7-5-8-25(21-23)22-29(30(39)34-16-6-15-33-17-11-24(2)38)42-32(41)36-18-13-27(14-19-36)37-20-12-26-9-3-4-10-28(26)35-31(37)40/h3-5,7-10,15,21,27,29,38H,12-14,18-20,22H2,1-2H3,(H,35,40)/t29-/m1/s1. The third-order valence-electron chi connectivity index (χ3n) is 6.99. The molecule has 4 rings (SSSR count). The highest BCUT2D eigenvalue weighted by Gasteiger charge is 2.33. The summed E-state index contributed by atoms with van der Waals surface area (Å²) in [5.74, 6) is 3.92. The quantitative estimate of drug-likeness (QED) is 0.296. The number of piperidine rings is 1. The van der Waals surface area contributed by atoms with E-state index < -0.39 is 18.1 Å². The first-order valence-corrected chi connectivity index (χ1v) is 13.8. The average molecular weight is 568 g/mol. The topological polar surface area (TPSA) is 124 Å². The number of aliphatic hydroxyl groups excluding tert-OH is 1. The molecule has 1 atom stereocenters. The molecular weight excluding hydrogens is 534 g/mol. The predicted molar refractivity (Wildman–Crippen MR) is 159 cm³/mol. The van der Waals surface area contributed by atoms with Crippen LogP contribution in [-0.4, -0.2) is 76.5 Å². The molecule has 2 aliphatic heterocycles. The minimum absolute atomic E-state index is 0.0103. The fourth-order valence-electron chi connectivity index (χ4n) is 4.89. The lowest BCUT2D eigenvalue weighted by molar-refractivity contribution is -0.126. The van der Waals surface area contributed by atoms with E-state index in [-0.39, 0.29) is 24.3 Å². The summed E-state index contributed by atoms with van der Waals surface area (Å²) in [4.78, 5) is 49.8. The summed E-state index contributed by atoms with van der Waals surface area (Å²) in [6, 6.07) is 15.2. The summed E-state index contributed by atoms with van der Waals surface area (Å²) in [6.45, 7) is 4.75. The zero-order chi connectivity index (χ0) is 29.9. The van der Waals surface area contributed by atoms with Crippen LogP contribution in [0.4, 0.5) is 15.3 Å². The summed E-state index contributed by atoms with van der Waals surface area (Å²) in [5.41, 5.74) is 8.60. The normalized spacial score (nSPS) is 15.2. The molecule has 0 unspecified atom stereocenters. The van der Waals surface area contributed by atoms with Crippen LogP contribution in [0.15, 0.2) is 81.9 Å². The molecule has 10 nitrogen and oxygen atoms in total. The minimum Gasteiger partial charge on any atom is -0.504 e. The number of aliphatic imine (C=N–C) groups is 2. The Labute approximate surface area is 244 Å². The van der Waals surface area contributed by atoms with Gasteiger partial charge in [0.1, 0.15) is 5.76 Å². The lowest BCUT2D eigenvalue weighted by Gasteiger charge is -2.37. The Morgan fingerprint density at radius 3 is 2.69 bits per heavy atom. The summed E-state index contributed by atoms with van der Waals surface area (Å²) < 4.78 is 5.68. The first-order valence-electron chi connectivity index (χ1n) is 13.8. The summed E-state index contributed by atoms with van der Waals surface area (Å²) >= 11 is 0. The Hall–Kier alpha value is -5.09. The molecule has 10 heteroatoms. The van der Waals surface area contributed by atoms with Gasteiger partial charge in [0, 0.05) is 56.4 Å². The van der Waals surface area contributed by atoms with Crippen LogP contribution in [0.1, 0.15) is 36.5 Å². The fraction of sp³-hybridized carbons (Fsp3) is 0.344. The second-order valence-electron chi connectivity index (χ2n) is 10.1. The average Bonchev–Trinajstić information content (AvgIpc) is 3.14. The number of benzene rings is 2. The van der Waals surface area contributed by atoms with E-state index >= 15 is 0 Å². The maximum Gasteiger partial charge on any atom is 0.410 e. The van der Waals surface area contributed by atoms with Crippen molar-refractivity contribution in [3.05, 3.63) is 88.6 Å². The molecule has 216 valence electrons. The first-order chi connectivity index (χ1) is 20.3. The maximum absolute atomic E-state index is 13.1. The molecular formula is C32H33N5O5. The van der Waals surface area contributed by atoms with Crippen molar-refractivity contribution < 1.29 is 24.2 Å². The molecule has 1 saturated heterocycles. The summed E-state index contributed by atoms with van der Waals surface area (Å²) in [6.07, 6.45) is 1.48. The van der Waals surface area contributed by atoms with Gasteiger partial charge in [0.15, 0.2) is 6.10 Å². The number of aliphatic hydroxyl groups is 1. The lowest BCUT2D eigenvalue weighted by atomic mass is 10.0. The zero-order valence-electron chi connectivity index (χ0n) is 23.7. The van der Waals surface area contributed by atoms with Crippen LogP contribution in [0.2, 0.25) is 0 Å². The Morgan fingerprint density at radius 2 is 1.93 bits per heavy atom. The number of nitrogens with one attached hydrogen (secondary N) is 1. The van der Waals surface area contributed by atoms with Crippen molar-refractivity contribution in [3.63, 3.8) is 0 Å². The molecule has 0 bridgehead atoms. The lowest BCUT2D eigenvalue weighted by Crippen LogP contribution is -2.50. The van der Waals surface area contributed by atoms with Crippen LogP contribution in [0, 0.1) is 6.92 Å². The van der Waals surface area contributed by atoms with Gasteiger partial charge in [-0.2, -0.15) is 9.98 Å². The van der Waals surface area contributed by atoms with Crippen molar-refractivity contribution in [2.24, 2.45) is 9.98 Å². The van der Waals surface area contributed by atoms with Gasteiger partial charge in [0.2, 0.25) is 0 Å². The van der Waals surface area contributed by atoms with Gasteiger partial charge < -0.3 is 25.0 Å². The number of aryl methyl sites for hydroxylation is 1. The number of allylic oxidation sites excluding steroid dienone is 1. The molecule has 0 aliphatic carbocycles. The van der Waals surface area contributed by atoms with Crippen LogP contribution in [-0.2, 0) is 22.4 Å². The fourth-order valence-corrected chi connectivity index (χ4v) is 4.89. The van der Waals surface area contributed by atoms with Crippen molar-refractivity contribution in [1.82, 2.24) is 9.80 Å². The van der Waals surface area contributed by atoms with Gasteiger partial charge in [-0.3, -0.25) is 4.79 Å². The van der Waals surface area contributed by atoms with E-state index in [0.29, 0.717) is 32.5 Å². The predicted octanol–water partition coefficient (Wildman–Crippen LogP) is 4.75. The Morgan fingerprint density at radius 1 is 1.14 bits per heavy atom. The summed E-state index contributed by atoms with van der Waals surface area (Å²) in [7, 11) is 0. The Bertz CT molecular complexity index is 1530. The molecule has 2 aliphatic rings. The molecule has 0 spiro atoms. The Kier molecular flexibility index (Phi) is 10.3. The van der Waals surface area contributed by atoms with Crippen LogP contribution in [0.3, 0.4) is 0 Å². The van der Waals surface area contributed by atoms with Crippen molar-refractivity contribution >= 4 is 35.5 Å². The number of carbonyl (C=O) groups is 3. The number of anilines is 1. The smallest absolute Gasteiger partial charge is 0.410 e. The molecule has 0 radical (unpaired) electrons. The number of likely N-dealkylation sites (tertiary alicyclic amines) is 1. The SMILES string of the molecule is CC(O)=C=C=NC=C=C=NC(=O)[C@@H](Cc1cccc(C)c1)OC(=O)N1CCC(N2CCc3ccccc3NC2=O)CC1. The number of rotatable bonds is 6. The van der Waals surface area contributed by atoms with E-state index in [1.165, 1.54) is 6.92 Å². The molecule has 0 saturated carbocycles. The van der Waals surface area contributed by atoms with Gasteiger partial charge in [-0.1, -0.05) is 48.0 Å². The van der Waals surface area contributed by atoms with Gasteiger partial charge >= 0.3 is 12.1 Å². The minimum atomic E-state index is -1.16. The molecule has 2 aromatic rings. The van der Waals surface area contributed by atoms with Crippen molar-refractivity contribution in [1.29, 1.82) is 0 Å². The van der Waals surface area contributed by atoms with Gasteiger partial charge in [0.05, 0.1) is 6.20 Å². The maximum atomic E-state index is 13.1. The molecule has 2 aromatic carbocycles. The Balaban J connectivity index is 1.40. The van der Waals surface area contributed by atoms with Gasteiger partial charge in [-0.05, 0) is 54.8 Å². The highest BCUT2D eigenvalue weighted by atomic mass is 16.6. The van der Waals surface area contributed by atoms with Crippen molar-refractivity contribution in [2.45, 2.75) is 51.7 Å². The molecule has 1 fully saturated rings. The van der Waals surface area contributed by atoms with E-state index in [9.17, 15) is 14.4 Å². The van der Waals surface area contributed by atoms with Gasteiger partial charge in [-0.25, -0.2) is 9.59 Å². The number of hydrogen-bond donors (Lipinski definition) is 2. The number of para-hydroxylation sites is 1. The largest absolute Gasteiger partial charge is 0.504 e. The highest BCUT2D eigenvalue weighted by molar-refractivity contribution is 5.91. The van der Waals surface area contributed by atoms with E-state index in [4.69, 9.17) is 9.84 Å². The van der Waals surface area contributed by atoms with Crippen molar-refractivity contribution in [2.75, 3.05) is 25.0 Å². The van der Waals surface area contributed by atoms with E-state index in [1.54, 1.807) is 4.90 Å². The number of amides is 4. The van der Waals surface area contributed by atoms with E-state index in [1.807, 2.05) is 60.4 Å². The highest BCUT2D eigenvalue weighted by Crippen LogP contribution is 2.25. The monoisotopic (exact) mass is 567 g/mol. The first kappa shape index (κ1) is 29.9. The van der Waals surface area contributed by atoms with E-state index in [0.717, 1.165) is 35.0 Å². The summed E-state index contributed by atoms with van der Waals surface area (Å²) in [5, 5.41) is 12.0.